The number of para-hydroxylation sites is 1. The summed E-state index contributed by atoms with van der Waals surface area (Å²) in [7, 11) is 0. The molecule has 4 nitrogen and oxygen atoms in total. The fraction of sp³-hybridized carbons (Fsp3) is 0.158. The van der Waals surface area contributed by atoms with Crippen LogP contribution in [0.15, 0.2) is 57.7 Å². The molecular weight excluding hydrogens is 326 g/mol. The number of hydrogen-bond acceptors (Lipinski definition) is 4. The lowest BCUT2D eigenvalue weighted by Gasteiger charge is -2.04. The first-order valence-corrected chi connectivity index (χ1v) is 8.05. The predicted molar refractivity (Wildman–Crippen MR) is 96.2 cm³/mol. The van der Waals surface area contributed by atoms with Gasteiger partial charge >= 0.3 is 5.63 Å². The minimum absolute atomic E-state index is 0.103. The van der Waals surface area contributed by atoms with Gasteiger partial charge in [0, 0.05) is 0 Å². The molecule has 0 fully saturated rings. The molecule has 0 atom stereocenters. The van der Waals surface area contributed by atoms with Gasteiger partial charge in [0.2, 0.25) is 5.89 Å². The van der Waals surface area contributed by atoms with Gasteiger partial charge in [-0.3, -0.25) is 0 Å². The van der Waals surface area contributed by atoms with Crippen LogP contribution in [-0.4, -0.2) is 11.6 Å². The monoisotopic (exact) mass is 341 g/mol. The van der Waals surface area contributed by atoms with Crippen LogP contribution < -0.4 is 10.4 Å². The summed E-state index contributed by atoms with van der Waals surface area (Å²) in [5.74, 6) is 0.909. The van der Waals surface area contributed by atoms with E-state index in [1.807, 2.05) is 30.3 Å². The molecule has 3 rings (SSSR count). The Morgan fingerprint density at radius 2 is 1.96 bits per heavy atom. The second-order valence-electron chi connectivity index (χ2n) is 5.23. The SMILES string of the molecule is CCCOc1ccc(/C=C(\Cl)c2nc3ccccc3c(=O)o2)cc1. The maximum Gasteiger partial charge on any atom is 0.347 e. The molecule has 1 aromatic heterocycles. The van der Waals surface area contributed by atoms with Crippen LogP contribution in [0.25, 0.3) is 22.0 Å². The Bertz CT molecular complexity index is 929. The van der Waals surface area contributed by atoms with E-state index in [4.69, 9.17) is 20.8 Å². The molecule has 3 aromatic rings. The Morgan fingerprint density at radius 3 is 2.71 bits per heavy atom. The molecule has 122 valence electrons. The fourth-order valence-corrected chi connectivity index (χ4v) is 2.42. The zero-order chi connectivity index (χ0) is 16.9. The normalized spacial score (nSPS) is 11.7. The van der Waals surface area contributed by atoms with Gasteiger partial charge in [-0.2, -0.15) is 0 Å². The van der Waals surface area contributed by atoms with Crippen LogP contribution in [0, 0.1) is 0 Å². The average molecular weight is 342 g/mol. The molecular formula is C19H16ClNO3. The first kappa shape index (κ1) is 16.3. The molecule has 5 heteroatoms. The number of aromatic nitrogens is 1. The number of benzene rings is 2. The van der Waals surface area contributed by atoms with Crippen LogP contribution in [0.4, 0.5) is 0 Å². The summed E-state index contributed by atoms with van der Waals surface area (Å²) < 4.78 is 10.7. The number of rotatable bonds is 5. The van der Waals surface area contributed by atoms with E-state index >= 15 is 0 Å². The Kier molecular flexibility index (Phi) is 4.96. The minimum atomic E-state index is -0.453. The second-order valence-corrected chi connectivity index (χ2v) is 5.64. The molecule has 0 aliphatic carbocycles. The number of nitrogens with zero attached hydrogens (tertiary/aromatic N) is 1. The third-order valence-electron chi connectivity index (χ3n) is 3.39. The highest BCUT2D eigenvalue weighted by Gasteiger charge is 2.09. The third kappa shape index (κ3) is 3.66. The van der Waals surface area contributed by atoms with Crippen molar-refractivity contribution in [1.29, 1.82) is 0 Å². The van der Waals surface area contributed by atoms with Crippen molar-refractivity contribution in [3.05, 3.63) is 70.4 Å². The molecule has 0 amide bonds. The van der Waals surface area contributed by atoms with Gasteiger partial charge in [0.1, 0.15) is 10.8 Å². The van der Waals surface area contributed by atoms with Crippen LogP contribution in [-0.2, 0) is 0 Å². The molecule has 1 heterocycles. The summed E-state index contributed by atoms with van der Waals surface area (Å²) in [4.78, 5) is 16.3. The van der Waals surface area contributed by atoms with Crippen molar-refractivity contribution >= 4 is 33.6 Å². The van der Waals surface area contributed by atoms with Crippen molar-refractivity contribution in [3.8, 4) is 5.75 Å². The van der Waals surface area contributed by atoms with Gasteiger partial charge in [-0.15, -0.1) is 0 Å². The van der Waals surface area contributed by atoms with Crippen LogP contribution in [0.5, 0.6) is 5.75 Å². The van der Waals surface area contributed by atoms with E-state index in [1.54, 1.807) is 24.3 Å². The first-order chi connectivity index (χ1) is 11.7. The zero-order valence-electron chi connectivity index (χ0n) is 13.2. The second kappa shape index (κ2) is 7.32. The predicted octanol–water partition coefficient (Wildman–Crippen LogP) is 4.71. The van der Waals surface area contributed by atoms with Crippen molar-refractivity contribution in [2.45, 2.75) is 13.3 Å². The fourth-order valence-electron chi connectivity index (χ4n) is 2.21. The molecule has 0 saturated carbocycles. The van der Waals surface area contributed by atoms with Crippen LogP contribution in [0.2, 0.25) is 0 Å². The largest absolute Gasteiger partial charge is 0.494 e. The van der Waals surface area contributed by atoms with E-state index in [9.17, 15) is 4.79 Å². The molecule has 0 bridgehead atoms. The molecule has 0 radical (unpaired) electrons. The Balaban J connectivity index is 1.89. The van der Waals surface area contributed by atoms with Gasteiger partial charge in [-0.25, -0.2) is 9.78 Å². The van der Waals surface area contributed by atoms with Crippen molar-refractivity contribution in [2.75, 3.05) is 6.61 Å². The molecule has 24 heavy (non-hydrogen) atoms. The van der Waals surface area contributed by atoms with Crippen molar-refractivity contribution in [3.63, 3.8) is 0 Å². The smallest absolute Gasteiger partial charge is 0.347 e. The van der Waals surface area contributed by atoms with Gasteiger partial charge in [0.25, 0.3) is 0 Å². The van der Waals surface area contributed by atoms with E-state index in [0.29, 0.717) is 17.5 Å². The summed E-state index contributed by atoms with van der Waals surface area (Å²) >= 11 is 6.27. The maximum absolute atomic E-state index is 12.0. The van der Waals surface area contributed by atoms with Crippen molar-refractivity contribution < 1.29 is 9.15 Å². The highest BCUT2D eigenvalue weighted by molar-refractivity contribution is 6.50. The molecule has 0 aliphatic rings. The molecule has 0 saturated heterocycles. The molecule has 0 unspecified atom stereocenters. The van der Waals surface area contributed by atoms with Gasteiger partial charge in [0.05, 0.1) is 17.5 Å². The topological polar surface area (TPSA) is 52.3 Å². The lowest BCUT2D eigenvalue weighted by molar-refractivity contribution is 0.317. The first-order valence-electron chi connectivity index (χ1n) is 7.67. The van der Waals surface area contributed by atoms with Crippen LogP contribution >= 0.6 is 11.6 Å². The highest BCUT2D eigenvalue weighted by Crippen LogP contribution is 2.22. The lowest BCUT2D eigenvalue weighted by Crippen LogP contribution is -2.03. The number of halogens is 1. The van der Waals surface area contributed by atoms with Gasteiger partial charge in [-0.05, 0) is 42.3 Å². The molecule has 0 spiro atoms. The van der Waals surface area contributed by atoms with E-state index in [0.717, 1.165) is 17.7 Å². The summed E-state index contributed by atoms with van der Waals surface area (Å²) in [5.41, 5.74) is 0.963. The molecule has 0 N–H and O–H groups in total. The summed E-state index contributed by atoms with van der Waals surface area (Å²) in [6, 6.07) is 14.5. The Labute approximate surface area is 144 Å². The summed E-state index contributed by atoms with van der Waals surface area (Å²) in [5, 5.41) is 0.697. The Hall–Kier alpha value is -2.59. The quantitative estimate of drug-likeness (QED) is 0.674. The van der Waals surface area contributed by atoms with E-state index in [2.05, 4.69) is 11.9 Å². The summed E-state index contributed by atoms with van der Waals surface area (Å²) in [6.45, 7) is 2.74. The summed E-state index contributed by atoms with van der Waals surface area (Å²) in [6.07, 6.45) is 2.66. The number of ether oxygens (including phenoxy) is 1. The van der Waals surface area contributed by atoms with E-state index in [1.165, 1.54) is 0 Å². The van der Waals surface area contributed by atoms with Gasteiger partial charge < -0.3 is 9.15 Å². The number of hydrogen-bond donors (Lipinski definition) is 0. The van der Waals surface area contributed by atoms with Gasteiger partial charge in [0.15, 0.2) is 0 Å². The van der Waals surface area contributed by atoms with Gasteiger partial charge in [-0.1, -0.05) is 42.8 Å². The van der Waals surface area contributed by atoms with Crippen molar-refractivity contribution in [1.82, 2.24) is 4.98 Å². The Morgan fingerprint density at radius 1 is 1.21 bits per heavy atom. The average Bonchev–Trinajstić information content (AvgIpc) is 2.61. The molecule has 2 aromatic carbocycles. The van der Waals surface area contributed by atoms with Crippen LogP contribution in [0.1, 0.15) is 24.8 Å². The third-order valence-corrected chi connectivity index (χ3v) is 3.66. The molecule has 0 aliphatic heterocycles. The number of fused-ring (bicyclic) bond motifs is 1. The van der Waals surface area contributed by atoms with E-state index < -0.39 is 5.63 Å². The minimum Gasteiger partial charge on any atom is -0.494 e. The van der Waals surface area contributed by atoms with Crippen molar-refractivity contribution in [2.24, 2.45) is 0 Å². The van der Waals surface area contributed by atoms with E-state index in [-0.39, 0.29) is 10.9 Å². The standard InChI is InChI=1S/C19H16ClNO3/c1-2-11-23-14-9-7-13(8-10-14)12-16(20)18-21-17-6-4-3-5-15(17)19(22)24-18/h3-10,12H,2,11H2,1H3/b16-12-. The highest BCUT2D eigenvalue weighted by atomic mass is 35.5. The zero-order valence-corrected chi connectivity index (χ0v) is 13.9. The lowest BCUT2D eigenvalue weighted by atomic mass is 10.2. The maximum atomic E-state index is 12.0. The van der Waals surface area contributed by atoms with Crippen LogP contribution in [0.3, 0.4) is 0 Å².